The van der Waals surface area contributed by atoms with E-state index < -0.39 is 0 Å². The molecule has 130 valence electrons. The highest BCUT2D eigenvalue weighted by atomic mass is 35.5. The average Bonchev–Trinajstić information content (AvgIpc) is 2.67. The van der Waals surface area contributed by atoms with Gasteiger partial charge in [-0.25, -0.2) is 0 Å². The average molecular weight is 356 g/mol. The number of allylic oxidation sites excluding steroid dienone is 1. The van der Waals surface area contributed by atoms with Crippen molar-refractivity contribution in [2.75, 3.05) is 38.2 Å². The molecular weight excluding hydrogens is 334 g/mol. The Bertz CT molecular complexity index is 738. The van der Waals surface area contributed by atoms with Crippen LogP contribution in [0.15, 0.2) is 64.7 Å². The van der Waals surface area contributed by atoms with Gasteiger partial charge in [0.15, 0.2) is 0 Å². The van der Waals surface area contributed by atoms with Crippen LogP contribution in [0, 0.1) is 0 Å². The molecule has 0 aromatic heterocycles. The molecule has 25 heavy (non-hydrogen) atoms. The van der Waals surface area contributed by atoms with Crippen molar-refractivity contribution in [2.45, 2.75) is 0 Å². The van der Waals surface area contributed by atoms with E-state index in [4.69, 9.17) is 16.3 Å². The number of rotatable bonds is 5. The topological polar surface area (TPSA) is 28.1 Å². The molecule has 1 heterocycles. The van der Waals surface area contributed by atoms with Crippen LogP contribution in [0.3, 0.4) is 0 Å². The highest BCUT2D eigenvalue weighted by Gasteiger charge is 2.18. The molecule has 0 atom stereocenters. The van der Waals surface area contributed by atoms with Crippen molar-refractivity contribution in [3.63, 3.8) is 0 Å². The zero-order valence-electron chi connectivity index (χ0n) is 14.3. The van der Waals surface area contributed by atoms with Crippen LogP contribution in [0.5, 0.6) is 5.75 Å². The largest absolute Gasteiger partial charge is 0.495 e. The van der Waals surface area contributed by atoms with Crippen LogP contribution in [-0.4, -0.2) is 44.5 Å². The fraction of sp³-hybridized carbons (Fsp3) is 0.250. The zero-order chi connectivity index (χ0) is 17.5. The van der Waals surface area contributed by atoms with Gasteiger partial charge in [0.1, 0.15) is 5.75 Å². The summed E-state index contributed by atoms with van der Waals surface area (Å²) in [7, 11) is 1.71. The van der Waals surface area contributed by atoms with E-state index in [1.54, 1.807) is 13.3 Å². The summed E-state index contributed by atoms with van der Waals surface area (Å²) < 4.78 is 5.45. The summed E-state index contributed by atoms with van der Waals surface area (Å²) in [6, 6.07) is 18.1. The van der Waals surface area contributed by atoms with Gasteiger partial charge in [-0.3, -0.25) is 5.01 Å². The number of hydrazone groups is 1. The first kappa shape index (κ1) is 17.4. The van der Waals surface area contributed by atoms with E-state index in [-0.39, 0.29) is 0 Å². The van der Waals surface area contributed by atoms with Gasteiger partial charge < -0.3 is 9.64 Å². The van der Waals surface area contributed by atoms with E-state index in [1.165, 1.54) is 0 Å². The predicted octanol–water partition coefficient (Wildman–Crippen LogP) is 4.08. The second kappa shape index (κ2) is 8.58. The number of piperazine rings is 1. The Labute approximate surface area is 154 Å². The zero-order valence-corrected chi connectivity index (χ0v) is 15.1. The maximum Gasteiger partial charge on any atom is 0.142 e. The quantitative estimate of drug-likeness (QED) is 0.756. The van der Waals surface area contributed by atoms with E-state index in [2.05, 4.69) is 16.1 Å². The number of ether oxygens (including phenoxy) is 1. The van der Waals surface area contributed by atoms with Gasteiger partial charge in [-0.05, 0) is 23.8 Å². The van der Waals surface area contributed by atoms with Crippen LogP contribution in [0.25, 0.3) is 6.08 Å². The normalized spacial score (nSPS) is 15.7. The van der Waals surface area contributed by atoms with E-state index in [0.717, 1.165) is 43.2 Å². The van der Waals surface area contributed by atoms with Crippen molar-refractivity contribution in [3.8, 4) is 5.75 Å². The molecule has 1 fully saturated rings. The number of benzene rings is 2. The van der Waals surface area contributed by atoms with E-state index in [1.807, 2.05) is 59.6 Å². The Balaban J connectivity index is 1.56. The highest BCUT2D eigenvalue weighted by Crippen LogP contribution is 2.28. The summed E-state index contributed by atoms with van der Waals surface area (Å²) >= 11 is 6.26. The lowest BCUT2D eigenvalue weighted by Crippen LogP contribution is -2.44. The molecule has 0 saturated carbocycles. The minimum Gasteiger partial charge on any atom is -0.495 e. The van der Waals surface area contributed by atoms with E-state index in [9.17, 15) is 0 Å². The van der Waals surface area contributed by atoms with Gasteiger partial charge in [0.05, 0.1) is 37.1 Å². The number of hydrogen-bond donors (Lipinski definition) is 0. The molecule has 3 rings (SSSR count). The molecule has 2 aromatic carbocycles. The molecule has 0 radical (unpaired) electrons. The summed E-state index contributed by atoms with van der Waals surface area (Å²) in [4.78, 5) is 2.33. The summed E-state index contributed by atoms with van der Waals surface area (Å²) in [5, 5.41) is 7.17. The van der Waals surface area contributed by atoms with Crippen LogP contribution in [-0.2, 0) is 0 Å². The fourth-order valence-corrected chi connectivity index (χ4v) is 3.00. The van der Waals surface area contributed by atoms with E-state index in [0.29, 0.717) is 5.03 Å². The van der Waals surface area contributed by atoms with Crippen LogP contribution < -0.4 is 9.64 Å². The first-order valence-corrected chi connectivity index (χ1v) is 8.73. The minimum atomic E-state index is 0.623. The third-order valence-electron chi connectivity index (χ3n) is 4.13. The van der Waals surface area contributed by atoms with Gasteiger partial charge in [-0.2, -0.15) is 5.10 Å². The standard InChI is InChI=1S/C20H22ClN3O/c1-25-20-10-6-5-9-19(20)23-11-13-24(14-12-23)22-16-18(21)15-17-7-3-2-4-8-17/h2-10,15-16H,11-14H2,1H3/b18-15-,22-16-. The summed E-state index contributed by atoms with van der Waals surface area (Å²) in [5.74, 6) is 0.910. The maximum atomic E-state index is 6.26. The number of methoxy groups -OCH3 is 1. The van der Waals surface area contributed by atoms with Crippen molar-refractivity contribution in [3.05, 3.63) is 65.2 Å². The first-order valence-electron chi connectivity index (χ1n) is 8.35. The van der Waals surface area contributed by atoms with Gasteiger partial charge in [0.25, 0.3) is 0 Å². The maximum absolute atomic E-state index is 6.26. The fourth-order valence-electron chi connectivity index (χ4n) is 2.83. The molecule has 0 aliphatic carbocycles. The van der Waals surface area contributed by atoms with Crippen molar-refractivity contribution in [2.24, 2.45) is 5.10 Å². The number of hydrogen-bond acceptors (Lipinski definition) is 4. The summed E-state index contributed by atoms with van der Waals surface area (Å²) in [6.45, 7) is 3.50. The minimum absolute atomic E-state index is 0.623. The Morgan fingerprint density at radius 1 is 1.00 bits per heavy atom. The van der Waals surface area contributed by atoms with Crippen molar-refractivity contribution >= 4 is 29.6 Å². The monoisotopic (exact) mass is 355 g/mol. The number of halogens is 1. The molecule has 0 amide bonds. The highest BCUT2D eigenvalue weighted by molar-refractivity contribution is 6.41. The Morgan fingerprint density at radius 2 is 1.68 bits per heavy atom. The van der Waals surface area contributed by atoms with Crippen molar-refractivity contribution in [1.82, 2.24) is 5.01 Å². The number of para-hydroxylation sites is 2. The second-order valence-electron chi connectivity index (χ2n) is 5.80. The van der Waals surface area contributed by atoms with E-state index >= 15 is 0 Å². The second-order valence-corrected chi connectivity index (χ2v) is 6.23. The van der Waals surface area contributed by atoms with Gasteiger partial charge in [-0.1, -0.05) is 54.1 Å². The molecule has 1 aliphatic heterocycles. The summed E-state index contributed by atoms with van der Waals surface area (Å²) in [6.07, 6.45) is 3.63. The molecule has 0 unspecified atom stereocenters. The van der Waals surface area contributed by atoms with Gasteiger partial charge >= 0.3 is 0 Å². The Kier molecular flexibility index (Phi) is 5.96. The van der Waals surface area contributed by atoms with Gasteiger partial charge in [0.2, 0.25) is 0 Å². The SMILES string of the molecule is COc1ccccc1N1CCN(/N=C\C(Cl)=C\c2ccccc2)CC1. The summed E-state index contributed by atoms with van der Waals surface area (Å²) in [5.41, 5.74) is 2.20. The van der Waals surface area contributed by atoms with Crippen molar-refractivity contribution < 1.29 is 4.74 Å². The Morgan fingerprint density at radius 3 is 2.40 bits per heavy atom. The number of nitrogens with zero attached hydrogens (tertiary/aromatic N) is 3. The van der Waals surface area contributed by atoms with Gasteiger partial charge in [-0.15, -0.1) is 0 Å². The molecule has 0 spiro atoms. The van der Waals surface area contributed by atoms with Crippen molar-refractivity contribution in [1.29, 1.82) is 0 Å². The van der Waals surface area contributed by atoms with Gasteiger partial charge in [0, 0.05) is 13.1 Å². The third-order valence-corrected chi connectivity index (χ3v) is 4.34. The third kappa shape index (κ3) is 4.77. The molecule has 0 N–H and O–H groups in total. The molecule has 5 heteroatoms. The Hall–Kier alpha value is -2.46. The molecule has 4 nitrogen and oxygen atoms in total. The van der Waals surface area contributed by atoms with Crippen LogP contribution in [0.1, 0.15) is 5.56 Å². The molecule has 0 bridgehead atoms. The molecular formula is C20H22ClN3O. The smallest absolute Gasteiger partial charge is 0.142 e. The predicted molar refractivity (Wildman–Crippen MR) is 106 cm³/mol. The lowest BCUT2D eigenvalue weighted by atomic mass is 10.2. The van der Waals surface area contributed by atoms with Crippen LogP contribution in [0.2, 0.25) is 0 Å². The van der Waals surface area contributed by atoms with Crippen LogP contribution in [0.4, 0.5) is 5.69 Å². The molecule has 1 saturated heterocycles. The lowest BCUT2D eigenvalue weighted by Gasteiger charge is -2.35. The first-order chi connectivity index (χ1) is 12.3. The lowest BCUT2D eigenvalue weighted by molar-refractivity contribution is 0.271. The molecule has 2 aromatic rings. The molecule has 1 aliphatic rings. The number of anilines is 1. The van der Waals surface area contributed by atoms with Crippen LogP contribution >= 0.6 is 11.6 Å².